The summed E-state index contributed by atoms with van der Waals surface area (Å²) < 4.78 is 1.22. The van der Waals surface area contributed by atoms with E-state index < -0.39 is 5.41 Å². The number of nitrogens with zero attached hydrogens (tertiary/aromatic N) is 1. The molecule has 7 aromatic rings. The molecule has 0 bridgehead atoms. The number of hydrogen-bond acceptors (Lipinski definition) is 2. The van der Waals surface area contributed by atoms with E-state index in [0.717, 1.165) is 10.5 Å². The highest BCUT2D eigenvalue weighted by Crippen LogP contribution is 2.61. The van der Waals surface area contributed by atoms with Crippen LogP contribution in [0.5, 0.6) is 0 Å². The fraction of sp³-hybridized carbons (Fsp3) is 0.0976. The van der Waals surface area contributed by atoms with Crippen molar-refractivity contribution in [1.29, 1.82) is 0 Å². The van der Waals surface area contributed by atoms with Gasteiger partial charge in [0.25, 0.3) is 0 Å². The van der Waals surface area contributed by atoms with Gasteiger partial charge in [-0.2, -0.15) is 0 Å². The van der Waals surface area contributed by atoms with Crippen LogP contribution in [0, 0.1) is 0 Å². The van der Waals surface area contributed by atoms with E-state index in [2.05, 4.69) is 153 Å². The summed E-state index contributed by atoms with van der Waals surface area (Å²) in [6.45, 7) is 4.75. The molecule has 0 N–H and O–H groups in total. The van der Waals surface area contributed by atoms with E-state index >= 15 is 0 Å². The van der Waals surface area contributed by atoms with Crippen molar-refractivity contribution in [3.63, 3.8) is 0 Å². The molecule has 1 unspecified atom stereocenters. The zero-order chi connectivity index (χ0) is 28.8. The molecule has 43 heavy (non-hydrogen) atoms. The Kier molecular flexibility index (Phi) is 5.10. The van der Waals surface area contributed by atoms with E-state index in [1.807, 2.05) is 0 Å². The molecule has 0 saturated heterocycles. The van der Waals surface area contributed by atoms with E-state index in [9.17, 15) is 0 Å². The van der Waals surface area contributed by atoms with Crippen LogP contribution in [0.1, 0.15) is 47.2 Å². The highest BCUT2D eigenvalue weighted by molar-refractivity contribution is 7.21. The van der Waals surface area contributed by atoms with E-state index in [4.69, 9.17) is 4.98 Å². The van der Waals surface area contributed by atoms with Gasteiger partial charge in [0, 0.05) is 11.0 Å². The summed E-state index contributed by atoms with van der Waals surface area (Å²) in [5.74, 6) is 0. The maximum absolute atomic E-state index is 5.08. The van der Waals surface area contributed by atoms with Gasteiger partial charge in [0.1, 0.15) is 5.01 Å². The predicted octanol–water partition coefficient (Wildman–Crippen LogP) is 10.6. The summed E-state index contributed by atoms with van der Waals surface area (Å²) in [5, 5.41) is 1.06. The van der Waals surface area contributed by atoms with E-state index in [1.165, 1.54) is 65.9 Å². The lowest BCUT2D eigenvalue weighted by molar-refractivity contribution is 0.658. The Bertz CT molecular complexity index is 2190. The van der Waals surface area contributed by atoms with Crippen LogP contribution in [0.4, 0.5) is 0 Å². The third-order valence-electron chi connectivity index (χ3n) is 9.80. The van der Waals surface area contributed by atoms with Crippen molar-refractivity contribution in [2.75, 3.05) is 0 Å². The van der Waals surface area contributed by atoms with Crippen LogP contribution >= 0.6 is 11.3 Å². The van der Waals surface area contributed by atoms with Crippen molar-refractivity contribution in [2.24, 2.45) is 0 Å². The lowest BCUT2D eigenvalue weighted by Gasteiger charge is -2.36. The molecule has 0 aliphatic heterocycles. The number of fused-ring (bicyclic) bond motifs is 7. The van der Waals surface area contributed by atoms with Crippen LogP contribution in [0.15, 0.2) is 140 Å². The van der Waals surface area contributed by atoms with Crippen molar-refractivity contribution in [2.45, 2.75) is 24.7 Å². The zero-order valence-corrected chi connectivity index (χ0v) is 25.0. The van der Waals surface area contributed by atoms with Crippen LogP contribution in [0.25, 0.3) is 43.0 Å². The van der Waals surface area contributed by atoms with Gasteiger partial charge < -0.3 is 0 Å². The van der Waals surface area contributed by atoms with E-state index in [-0.39, 0.29) is 5.41 Å². The van der Waals surface area contributed by atoms with Gasteiger partial charge in [0.2, 0.25) is 0 Å². The Balaban J connectivity index is 1.42. The van der Waals surface area contributed by atoms with E-state index in [1.54, 1.807) is 11.3 Å². The second-order valence-corrected chi connectivity index (χ2v) is 13.3. The highest BCUT2D eigenvalue weighted by Gasteiger charge is 2.49. The summed E-state index contributed by atoms with van der Waals surface area (Å²) in [4.78, 5) is 5.08. The number of para-hydroxylation sites is 1. The largest absolute Gasteiger partial charge is 0.236 e. The SMILES string of the molecule is CC1(C)c2ccccc2-c2c1cccc2C1(c2ccccc2)c2ccccc2-c2ccc(-c3nc4ccccc4s3)cc21. The van der Waals surface area contributed by atoms with Crippen molar-refractivity contribution >= 4 is 21.6 Å². The summed E-state index contributed by atoms with van der Waals surface area (Å²) in [6, 6.07) is 51.7. The fourth-order valence-electron chi connectivity index (χ4n) is 7.92. The quantitative estimate of drug-likeness (QED) is 0.207. The third kappa shape index (κ3) is 3.25. The number of aromatic nitrogens is 1. The molecule has 0 fully saturated rings. The van der Waals surface area contributed by atoms with Crippen LogP contribution in [-0.2, 0) is 10.8 Å². The molecule has 1 atom stereocenters. The summed E-state index contributed by atoms with van der Waals surface area (Å²) in [6.07, 6.45) is 0. The smallest absolute Gasteiger partial charge is 0.124 e. The van der Waals surface area contributed by atoms with Gasteiger partial charge >= 0.3 is 0 Å². The molecular weight excluding hydrogens is 539 g/mol. The Hall–Kier alpha value is -4.79. The van der Waals surface area contributed by atoms with Gasteiger partial charge in [-0.3, -0.25) is 0 Å². The molecule has 2 heteroatoms. The molecule has 2 aliphatic carbocycles. The second-order valence-electron chi connectivity index (χ2n) is 12.3. The molecule has 2 aliphatic rings. The van der Waals surface area contributed by atoms with Crippen molar-refractivity contribution in [1.82, 2.24) is 4.98 Å². The lowest BCUT2D eigenvalue weighted by atomic mass is 9.65. The van der Waals surface area contributed by atoms with Crippen LogP contribution in [-0.4, -0.2) is 4.98 Å². The van der Waals surface area contributed by atoms with Gasteiger partial charge in [-0.15, -0.1) is 11.3 Å². The highest BCUT2D eigenvalue weighted by atomic mass is 32.1. The molecule has 1 heterocycles. The molecule has 0 spiro atoms. The Morgan fingerprint density at radius 1 is 0.512 bits per heavy atom. The molecule has 9 rings (SSSR count). The first-order valence-corrected chi connectivity index (χ1v) is 15.8. The molecule has 0 radical (unpaired) electrons. The minimum atomic E-state index is -0.487. The van der Waals surface area contributed by atoms with Crippen LogP contribution in [0.2, 0.25) is 0 Å². The average Bonchev–Trinajstić information content (AvgIpc) is 3.69. The number of hydrogen-bond donors (Lipinski definition) is 0. The number of benzene rings is 6. The molecular formula is C41H29NS. The number of rotatable bonds is 3. The van der Waals surface area contributed by atoms with Gasteiger partial charge in [-0.25, -0.2) is 4.98 Å². The first-order valence-electron chi connectivity index (χ1n) is 15.0. The monoisotopic (exact) mass is 567 g/mol. The number of thiazole rings is 1. The molecule has 0 saturated carbocycles. The van der Waals surface area contributed by atoms with Gasteiger partial charge in [0.05, 0.1) is 15.6 Å². The summed E-state index contributed by atoms with van der Waals surface area (Å²) in [7, 11) is 0. The Morgan fingerprint density at radius 3 is 2.00 bits per heavy atom. The lowest BCUT2D eigenvalue weighted by Crippen LogP contribution is -2.29. The van der Waals surface area contributed by atoms with Crippen molar-refractivity contribution in [3.05, 3.63) is 173 Å². The van der Waals surface area contributed by atoms with Crippen molar-refractivity contribution in [3.8, 4) is 32.8 Å². The molecule has 1 aromatic heterocycles. The topological polar surface area (TPSA) is 12.9 Å². The first-order chi connectivity index (χ1) is 21.1. The van der Waals surface area contributed by atoms with Crippen LogP contribution < -0.4 is 0 Å². The molecule has 6 aromatic carbocycles. The summed E-state index contributed by atoms with van der Waals surface area (Å²) >= 11 is 1.77. The summed E-state index contributed by atoms with van der Waals surface area (Å²) in [5.41, 5.74) is 15.1. The van der Waals surface area contributed by atoms with Gasteiger partial charge in [0.15, 0.2) is 0 Å². The zero-order valence-electron chi connectivity index (χ0n) is 24.1. The Labute approximate surface area is 256 Å². The minimum absolute atomic E-state index is 0.0798. The van der Waals surface area contributed by atoms with Gasteiger partial charge in [-0.05, 0) is 73.8 Å². The Morgan fingerprint density at radius 2 is 1.16 bits per heavy atom. The van der Waals surface area contributed by atoms with E-state index in [0.29, 0.717) is 0 Å². The molecule has 1 nitrogen and oxygen atoms in total. The third-order valence-corrected chi connectivity index (χ3v) is 10.9. The van der Waals surface area contributed by atoms with Crippen molar-refractivity contribution < 1.29 is 0 Å². The predicted molar refractivity (Wildman–Crippen MR) is 180 cm³/mol. The standard InChI is InChI=1S/C41H29NS/c1-40(2)31-17-8-7-16-30(31)38-33(40)19-12-20-34(38)41(27-13-4-3-5-14-27)32-18-9-6-15-28(32)29-24-23-26(25-35(29)41)39-42-36-21-10-11-22-37(36)43-39/h3-25H,1-2H3. The van der Waals surface area contributed by atoms with Gasteiger partial charge in [-0.1, -0.05) is 135 Å². The maximum atomic E-state index is 5.08. The van der Waals surface area contributed by atoms with Crippen LogP contribution in [0.3, 0.4) is 0 Å². The fourth-order valence-corrected chi connectivity index (χ4v) is 8.88. The first kappa shape index (κ1) is 24.8. The molecule has 0 amide bonds. The minimum Gasteiger partial charge on any atom is -0.236 e. The average molecular weight is 568 g/mol. The molecule has 204 valence electrons. The maximum Gasteiger partial charge on any atom is 0.124 e. The second kappa shape index (κ2) is 8.86. The normalized spacial score (nSPS) is 17.3.